The molecule has 0 amide bonds. The number of alkyl halides is 3. The Balaban J connectivity index is 3.53. The van der Waals surface area contributed by atoms with Crippen LogP contribution in [-0.4, -0.2) is 12.8 Å². The van der Waals surface area contributed by atoms with Gasteiger partial charge in [0.2, 0.25) is 5.95 Å². The van der Waals surface area contributed by atoms with Crippen molar-refractivity contribution in [1.82, 2.24) is 4.98 Å². The van der Waals surface area contributed by atoms with Crippen molar-refractivity contribution in [2.75, 3.05) is 0 Å². The van der Waals surface area contributed by atoms with Crippen molar-refractivity contribution >= 4 is 13.3 Å². The highest BCUT2D eigenvalue weighted by Crippen LogP contribution is 2.31. The molecule has 0 N–H and O–H groups in total. The Kier molecular flexibility index (Phi) is 2.47. The first kappa shape index (κ1) is 10.9. The summed E-state index contributed by atoms with van der Waals surface area (Å²) in [6.07, 6.45) is -5.30. The lowest BCUT2D eigenvalue weighted by Gasteiger charge is -2.16. The number of nitrogens with zero attached hydrogens (tertiary/aromatic N) is 1. The van der Waals surface area contributed by atoms with Gasteiger partial charge >= 0.3 is 6.18 Å². The van der Waals surface area contributed by atoms with E-state index >= 15 is 0 Å². The fraction of sp³-hybridized carbons (Fsp3) is 0.167. The Labute approximate surface area is 75.2 Å². The second kappa shape index (κ2) is 3.18. The normalized spacial score (nSPS) is 11.9. The average molecular weight is 211 g/mol. The molecule has 0 bridgehead atoms. The van der Waals surface area contributed by atoms with Crippen molar-refractivity contribution in [1.29, 1.82) is 0 Å². The Hall–Kier alpha value is -1.21. The topological polar surface area (TPSA) is 12.9 Å². The number of aromatic nitrogens is 1. The van der Waals surface area contributed by atoms with E-state index in [2.05, 4.69) is 12.8 Å². The van der Waals surface area contributed by atoms with E-state index in [-0.39, 0.29) is 0 Å². The first-order valence-electron chi connectivity index (χ1n) is 3.12. The summed E-state index contributed by atoms with van der Waals surface area (Å²) in [6, 6.07) is 0. The van der Waals surface area contributed by atoms with Crippen molar-refractivity contribution in [2.45, 2.75) is 6.18 Å². The lowest BCUT2D eigenvalue weighted by Crippen LogP contribution is -2.25. The summed E-state index contributed by atoms with van der Waals surface area (Å²) in [5.74, 6) is -6.28. The van der Waals surface area contributed by atoms with E-state index in [1.165, 1.54) is 0 Å². The second-order valence-electron chi connectivity index (χ2n) is 2.29. The van der Waals surface area contributed by atoms with Crippen LogP contribution in [0.15, 0.2) is 0 Å². The molecule has 0 saturated carbocycles. The minimum Gasteiger partial charge on any atom is -0.570 e. The number of halogens is 6. The predicted octanol–water partition coefficient (Wildman–Crippen LogP) is 1.31. The van der Waals surface area contributed by atoms with E-state index < -0.39 is 34.9 Å². The first-order chi connectivity index (χ1) is 6.25. The van der Waals surface area contributed by atoms with Crippen LogP contribution in [0, 0.1) is 17.7 Å². The zero-order valence-corrected chi connectivity index (χ0v) is 6.29. The summed E-state index contributed by atoms with van der Waals surface area (Å²) < 4.78 is 73.2. The van der Waals surface area contributed by atoms with Crippen LogP contribution in [0.5, 0.6) is 0 Å². The minimum atomic E-state index is -5.30. The van der Waals surface area contributed by atoms with Gasteiger partial charge in [-0.15, -0.1) is 0 Å². The van der Waals surface area contributed by atoms with E-state index in [4.69, 9.17) is 0 Å². The van der Waals surface area contributed by atoms with Crippen LogP contribution >= 0.6 is 0 Å². The van der Waals surface area contributed by atoms with Crippen LogP contribution in [0.3, 0.4) is 0 Å². The van der Waals surface area contributed by atoms with Gasteiger partial charge in [0.1, 0.15) is 11.4 Å². The maximum absolute atomic E-state index is 12.7. The van der Waals surface area contributed by atoms with E-state index in [0.717, 1.165) is 0 Å². The summed E-state index contributed by atoms with van der Waals surface area (Å²) in [5, 5.41) is 0. The van der Waals surface area contributed by atoms with Crippen LogP contribution in [0.4, 0.5) is 26.3 Å². The zero-order valence-electron chi connectivity index (χ0n) is 6.29. The molecule has 0 unspecified atom stereocenters. The molecular formula is C6BF6N-. The molecule has 1 nitrogen and oxygen atoms in total. The molecule has 1 heterocycles. The Morgan fingerprint density at radius 2 is 1.50 bits per heavy atom. The van der Waals surface area contributed by atoms with Gasteiger partial charge in [-0.3, -0.25) is 0 Å². The van der Waals surface area contributed by atoms with Crippen LogP contribution in [-0.2, 0) is 6.18 Å². The Bertz CT molecular complexity index is 374. The molecule has 0 aliphatic carbocycles. The molecule has 75 valence electrons. The standard InChI is InChI=1S/C6BF6N/c7-2-3(8)1(6(11,12)13)4(9)14-5(2)10/q-1. The molecule has 0 spiro atoms. The molecule has 0 atom stereocenters. The van der Waals surface area contributed by atoms with E-state index in [1.54, 1.807) is 0 Å². The van der Waals surface area contributed by atoms with Crippen molar-refractivity contribution in [3.8, 4) is 0 Å². The summed E-state index contributed by atoms with van der Waals surface area (Å²) >= 11 is 0. The smallest absolute Gasteiger partial charge is 0.423 e. The number of hydrogen-bond donors (Lipinski definition) is 0. The van der Waals surface area contributed by atoms with Gasteiger partial charge in [-0.05, 0) is 0 Å². The van der Waals surface area contributed by atoms with Gasteiger partial charge in [-0.2, -0.15) is 26.9 Å². The largest absolute Gasteiger partial charge is 0.570 e. The van der Waals surface area contributed by atoms with Gasteiger partial charge in [-0.1, -0.05) is 0 Å². The highest BCUT2D eigenvalue weighted by molar-refractivity contribution is 6.32. The monoisotopic (exact) mass is 211 g/mol. The maximum Gasteiger partial charge on any atom is 0.423 e. The molecule has 1 aromatic rings. The number of hydrogen-bond acceptors (Lipinski definition) is 1. The highest BCUT2D eigenvalue weighted by Gasteiger charge is 2.38. The van der Waals surface area contributed by atoms with Crippen LogP contribution in [0.25, 0.3) is 0 Å². The maximum atomic E-state index is 12.7. The van der Waals surface area contributed by atoms with Crippen LogP contribution in [0.1, 0.15) is 5.56 Å². The quantitative estimate of drug-likeness (QED) is 0.358. The zero-order chi connectivity index (χ0) is 11.1. The first-order valence-corrected chi connectivity index (χ1v) is 3.12. The van der Waals surface area contributed by atoms with Gasteiger partial charge in [0.25, 0.3) is 0 Å². The third-order valence-electron chi connectivity index (χ3n) is 1.36. The van der Waals surface area contributed by atoms with E-state index in [9.17, 15) is 26.3 Å². The van der Waals surface area contributed by atoms with E-state index in [1.807, 2.05) is 0 Å². The molecule has 0 aliphatic rings. The summed E-state index contributed by atoms with van der Waals surface area (Å²) in [7, 11) is 4.57. The SMILES string of the molecule is [B-]c1c(F)nc(F)c(C(F)(F)F)c1F. The van der Waals surface area contributed by atoms with Gasteiger partial charge < -0.3 is 7.85 Å². The fourth-order valence-electron chi connectivity index (χ4n) is 0.759. The molecule has 3 radical (unpaired) electrons. The number of pyridine rings is 1. The third-order valence-corrected chi connectivity index (χ3v) is 1.36. The van der Waals surface area contributed by atoms with Crippen molar-refractivity contribution in [3.63, 3.8) is 0 Å². The van der Waals surface area contributed by atoms with Crippen molar-refractivity contribution in [2.24, 2.45) is 0 Å². The predicted molar refractivity (Wildman–Crippen MR) is 34.5 cm³/mol. The molecular weight excluding hydrogens is 211 g/mol. The molecule has 0 aliphatic heterocycles. The Morgan fingerprint density at radius 1 is 1.00 bits per heavy atom. The summed E-state index contributed by atoms with van der Waals surface area (Å²) in [6.45, 7) is 0. The molecule has 1 rings (SSSR count). The molecule has 14 heavy (non-hydrogen) atoms. The number of rotatable bonds is 0. The van der Waals surface area contributed by atoms with Crippen molar-refractivity contribution < 1.29 is 26.3 Å². The molecule has 8 heteroatoms. The minimum absolute atomic E-state index is 1.46. The van der Waals surface area contributed by atoms with Gasteiger partial charge in [-0.25, -0.2) is 9.85 Å². The van der Waals surface area contributed by atoms with Gasteiger partial charge in [0, 0.05) is 0 Å². The average Bonchev–Trinajstić information content (AvgIpc) is 1.97. The highest BCUT2D eigenvalue weighted by atomic mass is 19.4. The van der Waals surface area contributed by atoms with Gasteiger partial charge in [0.15, 0.2) is 5.95 Å². The molecule has 0 aromatic carbocycles. The van der Waals surface area contributed by atoms with Crippen molar-refractivity contribution in [3.05, 3.63) is 23.3 Å². The van der Waals surface area contributed by atoms with E-state index in [0.29, 0.717) is 0 Å². The lowest BCUT2D eigenvalue weighted by molar-refractivity contribution is -0.142. The molecule has 0 fully saturated rings. The third kappa shape index (κ3) is 1.68. The lowest BCUT2D eigenvalue weighted by atomic mass is 9.95. The van der Waals surface area contributed by atoms with Crippen LogP contribution in [0.2, 0.25) is 0 Å². The molecule has 0 saturated heterocycles. The van der Waals surface area contributed by atoms with Gasteiger partial charge in [0.05, 0.1) is 0 Å². The molecule has 1 aromatic heterocycles. The summed E-state index contributed by atoms with van der Waals surface area (Å²) in [5.41, 5.74) is -3.75. The summed E-state index contributed by atoms with van der Waals surface area (Å²) in [4.78, 5) is 2.18. The van der Waals surface area contributed by atoms with Crippen LogP contribution < -0.4 is 5.46 Å². The second-order valence-corrected chi connectivity index (χ2v) is 2.29. The fourth-order valence-corrected chi connectivity index (χ4v) is 0.759. The Morgan fingerprint density at radius 3 is 1.93 bits per heavy atom.